The topological polar surface area (TPSA) is 86.8 Å². The van der Waals surface area contributed by atoms with Gasteiger partial charge in [0.05, 0.1) is 19.1 Å². The van der Waals surface area contributed by atoms with E-state index in [0.717, 1.165) is 5.56 Å². The van der Waals surface area contributed by atoms with Crippen LogP contribution in [-0.2, 0) is 16.6 Å². The minimum atomic E-state index is -3.73. The highest BCUT2D eigenvalue weighted by molar-refractivity contribution is 7.89. The van der Waals surface area contributed by atoms with E-state index in [1.165, 1.54) is 26.4 Å². The molecule has 0 saturated heterocycles. The molecule has 0 atom stereocenters. The van der Waals surface area contributed by atoms with E-state index < -0.39 is 10.0 Å². The molecule has 0 bridgehead atoms. The molecule has 0 radical (unpaired) electrons. The van der Waals surface area contributed by atoms with Gasteiger partial charge in [0.25, 0.3) is 0 Å². The first-order valence-electron chi connectivity index (χ1n) is 8.41. The Morgan fingerprint density at radius 3 is 2.46 bits per heavy atom. The van der Waals surface area contributed by atoms with Crippen molar-refractivity contribution in [3.63, 3.8) is 0 Å². The van der Waals surface area contributed by atoms with Gasteiger partial charge in [-0.1, -0.05) is 18.2 Å². The molecule has 1 aromatic heterocycles. The number of hydrogen-bond donors (Lipinski definition) is 1. The highest BCUT2D eigenvalue weighted by Gasteiger charge is 2.17. The second kappa shape index (κ2) is 8.73. The lowest BCUT2D eigenvalue weighted by Crippen LogP contribution is -2.23. The molecule has 0 aliphatic carbocycles. The fourth-order valence-electron chi connectivity index (χ4n) is 2.49. The van der Waals surface area contributed by atoms with E-state index >= 15 is 0 Å². The number of nitrogens with zero attached hydrogens (tertiary/aromatic N) is 1. The smallest absolute Gasteiger partial charge is 0.241 e. The van der Waals surface area contributed by atoms with Gasteiger partial charge in [-0.05, 0) is 35.9 Å². The van der Waals surface area contributed by atoms with Gasteiger partial charge in [0.15, 0.2) is 11.5 Å². The summed E-state index contributed by atoms with van der Waals surface area (Å²) in [5, 5.41) is 0. The third-order valence-corrected chi connectivity index (χ3v) is 5.29. The molecule has 28 heavy (non-hydrogen) atoms. The van der Waals surface area contributed by atoms with Crippen molar-refractivity contribution in [2.75, 3.05) is 14.2 Å². The highest BCUT2D eigenvalue weighted by atomic mass is 32.2. The van der Waals surface area contributed by atoms with E-state index in [1.807, 2.05) is 12.1 Å². The molecule has 3 aromatic rings. The molecule has 0 aliphatic heterocycles. The Balaban J connectivity index is 1.72. The van der Waals surface area contributed by atoms with Crippen LogP contribution >= 0.6 is 0 Å². The van der Waals surface area contributed by atoms with Gasteiger partial charge in [-0.2, -0.15) is 0 Å². The minimum Gasteiger partial charge on any atom is -0.493 e. The summed E-state index contributed by atoms with van der Waals surface area (Å²) in [6.07, 6.45) is 1.64. The minimum absolute atomic E-state index is 0.0889. The SMILES string of the molecule is COc1ccc(S(=O)(=O)NCc2cccc(Oc3ccccn3)c2)cc1OC. The van der Waals surface area contributed by atoms with Crippen molar-refractivity contribution in [3.05, 3.63) is 72.4 Å². The third kappa shape index (κ3) is 4.79. The maximum atomic E-state index is 12.6. The van der Waals surface area contributed by atoms with Crippen molar-refractivity contribution in [1.29, 1.82) is 0 Å². The highest BCUT2D eigenvalue weighted by Crippen LogP contribution is 2.29. The molecule has 2 aromatic carbocycles. The Bertz CT molecular complexity index is 1040. The zero-order valence-electron chi connectivity index (χ0n) is 15.5. The van der Waals surface area contributed by atoms with Crippen LogP contribution in [-0.4, -0.2) is 27.6 Å². The average molecular weight is 400 g/mol. The molecule has 0 unspecified atom stereocenters. The van der Waals surface area contributed by atoms with Crippen LogP contribution in [0.4, 0.5) is 0 Å². The van der Waals surface area contributed by atoms with E-state index in [-0.39, 0.29) is 11.4 Å². The molecular weight excluding hydrogens is 380 g/mol. The van der Waals surface area contributed by atoms with E-state index in [2.05, 4.69) is 9.71 Å². The van der Waals surface area contributed by atoms with Crippen LogP contribution in [0.25, 0.3) is 0 Å². The van der Waals surface area contributed by atoms with Crippen molar-refractivity contribution in [2.24, 2.45) is 0 Å². The Labute approximate surface area is 164 Å². The van der Waals surface area contributed by atoms with Crippen LogP contribution in [0.3, 0.4) is 0 Å². The van der Waals surface area contributed by atoms with Gasteiger partial charge in [-0.25, -0.2) is 18.1 Å². The molecule has 1 N–H and O–H groups in total. The number of hydrogen-bond acceptors (Lipinski definition) is 6. The molecule has 0 spiro atoms. The summed E-state index contributed by atoms with van der Waals surface area (Å²) in [4.78, 5) is 4.19. The second-order valence-electron chi connectivity index (χ2n) is 5.76. The van der Waals surface area contributed by atoms with E-state index in [9.17, 15) is 8.42 Å². The van der Waals surface area contributed by atoms with Crippen LogP contribution in [0, 0.1) is 0 Å². The van der Waals surface area contributed by atoms with Crippen LogP contribution in [0.5, 0.6) is 23.1 Å². The summed E-state index contributed by atoms with van der Waals surface area (Å²) in [7, 11) is -0.783. The van der Waals surface area contributed by atoms with Crippen LogP contribution < -0.4 is 18.9 Å². The van der Waals surface area contributed by atoms with Crippen LogP contribution in [0.15, 0.2) is 71.8 Å². The number of methoxy groups -OCH3 is 2. The molecule has 8 heteroatoms. The molecular formula is C20H20N2O5S. The van der Waals surface area contributed by atoms with E-state index in [1.54, 1.807) is 42.6 Å². The summed E-state index contributed by atoms with van der Waals surface area (Å²) >= 11 is 0. The fourth-order valence-corrected chi connectivity index (χ4v) is 3.53. The van der Waals surface area contributed by atoms with Crippen molar-refractivity contribution in [2.45, 2.75) is 11.4 Å². The number of pyridine rings is 1. The normalized spacial score (nSPS) is 11.1. The maximum absolute atomic E-state index is 12.6. The quantitative estimate of drug-likeness (QED) is 0.624. The van der Waals surface area contributed by atoms with Crippen molar-refractivity contribution >= 4 is 10.0 Å². The molecule has 0 fully saturated rings. The van der Waals surface area contributed by atoms with Gasteiger partial charge in [0.1, 0.15) is 5.75 Å². The van der Waals surface area contributed by atoms with E-state index in [4.69, 9.17) is 14.2 Å². The lowest BCUT2D eigenvalue weighted by atomic mass is 10.2. The summed E-state index contributed by atoms with van der Waals surface area (Å²) in [6, 6.07) is 16.9. The standard InChI is InChI=1S/C20H20N2O5S/c1-25-18-10-9-17(13-19(18)26-2)28(23,24)22-14-15-6-5-7-16(12-15)27-20-8-3-4-11-21-20/h3-13,22H,14H2,1-2H3. The molecule has 0 aliphatic rings. The zero-order chi connectivity index (χ0) is 20.0. The number of benzene rings is 2. The molecule has 7 nitrogen and oxygen atoms in total. The summed E-state index contributed by atoms with van der Waals surface area (Å²) in [5.41, 5.74) is 0.748. The Morgan fingerprint density at radius 1 is 0.929 bits per heavy atom. The number of ether oxygens (including phenoxy) is 3. The van der Waals surface area contributed by atoms with Gasteiger partial charge in [0, 0.05) is 24.9 Å². The Morgan fingerprint density at radius 2 is 1.75 bits per heavy atom. The number of aromatic nitrogens is 1. The fraction of sp³-hybridized carbons (Fsp3) is 0.150. The zero-order valence-corrected chi connectivity index (χ0v) is 16.3. The van der Waals surface area contributed by atoms with Gasteiger partial charge >= 0.3 is 0 Å². The second-order valence-corrected chi connectivity index (χ2v) is 7.53. The van der Waals surface area contributed by atoms with Crippen molar-refractivity contribution < 1.29 is 22.6 Å². The average Bonchev–Trinajstić information content (AvgIpc) is 2.73. The molecule has 0 saturated carbocycles. The van der Waals surface area contributed by atoms with Gasteiger partial charge in [-0.15, -0.1) is 0 Å². The predicted molar refractivity (Wildman–Crippen MR) is 104 cm³/mol. The first-order chi connectivity index (χ1) is 13.5. The van der Waals surface area contributed by atoms with Gasteiger partial charge < -0.3 is 14.2 Å². The van der Waals surface area contributed by atoms with Crippen LogP contribution in [0.2, 0.25) is 0 Å². The van der Waals surface area contributed by atoms with Gasteiger partial charge in [-0.3, -0.25) is 0 Å². The van der Waals surface area contributed by atoms with Crippen molar-refractivity contribution in [1.82, 2.24) is 9.71 Å². The predicted octanol–water partition coefficient (Wildman–Crippen LogP) is 3.37. The van der Waals surface area contributed by atoms with Crippen molar-refractivity contribution in [3.8, 4) is 23.1 Å². The summed E-state index contributed by atoms with van der Waals surface area (Å²) in [6.45, 7) is 0.107. The largest absolute Gasteiger partial charge is 0.493 e. The number of sulfonamides is 1. The van der Waals surface area contributed by atoms with E-state index in [0.29, 0.717) is 23.1 Å². The summed E-state index contributed by atoms with van der Waals surface area (Å²) in [5.74, 6) is 1.84. The lowest BCUT2D eigenvalue weighted by Gasteiger charge is -2.11. The molecule has 3 rings (SSSR count). The first kappa shape index (κ1) is 19.7. The monoisotopic (exact) mass is 400 g/mol. The van der Waals surface area contributed by atoms with Gasteiger partial charge in [0.2, 0.25) is 15.9 Å². The third-order valence-electron chi connectivity index (χ3n) is 3.89. The number of rotatable bonds is 8. The number of nitrogens with one attached hydrogen (secondary N) is 1. The lowest BCUT2D eigenvalue weighted by molar-refractivity contribution is 0.354. The Kier molecular flexibility index (Phi) is 6.13. The molecule has 146 valence electrons. The first-order valence-corrected chi connectivity index (χ1v) is 9.89. The van der Waals surface area contributed by atoms with Crippen LogP contribution in [0.1, 0.15) is 5.56 Å². The summed E-state index contributed by atoms with van der Waals surface area (Å²) < 4.78 is 43.8. The maximum Gasteiger partial charge on any atom is 0.241 e. The molecule has 1 heterocycles. The molecule has 0 amide bonds. The Hall–Kier alpha value is -3.10.